The Labute approximate surface area is 158 Å². The standard InChI is InChI=1S/C21H24O4S/c1-13-7-17(22)11-19(25-13)15-9-16(21-20(10-15)23-12-24-21)8-14-3-5-18(26-2)6-4-14/h3-6,9-10,13,17,19,22H,7-8,11-12H2,1-2H3. The maximum absolute atomic E-state index is 10.1. The summed E-state index contributed by atoms with van der Waals surface area (Å²) in [6.07, 6.45) is 3.78. The molecule has 3 atom stereocenters. The van der Waals surface area contributed by atoms with Gasteiger partial charge in [-0.1, -0.05) is 12.1 Å². The number of aliphatic hydroxyl groups is 1. The van der Waals surface area contributed by atoms with Crippen LogP contribution in [0.15, 0.2) is 41.3 Å². The van der Waals surface area contributed by atoms with Gasteiger partial charge in [-0.05, 0) is 55.0 Å². The van der Waals surface area contributed by atoms with Crippen LogP contribution in [0, 0.1) is 0 Å². The highest BCUT2D eigenvalue weighted by Crippen LogP contribution is 2.42. The zero-order valence-electron chi connectivity index (χ0n) is 15.1. The second kappa shape index (κ2) is 7.51. The third kappa shape index (κ3) is 3.70. The minimum Gasteiger partial charge on any atom is -0.454 e. The van der Waals surface area contributed by atoms with E-state index in [2.05, 4.69) is 36.6 Å². The molecule has 1 saturated heterocycles. The molecule has 138 valence electrons. The Morgan fingerprint density at radius 2 is 1.92 bits per heavy atom. The lowest BCUT2D eigenvalue weighted by molar-refractivity contribution is -0.0896. The maximum Gasteiger partial charge on any atom is 0.231 e. The topological polar surface area (TPSA) is 47.9 Å². The normalized spacial score (nSPS) is 24.7. The van der Waals surface area contributed by atoms with Gasteiger partial charge in [-0.15, -0.1) is 11.8 Å². The molecular formula is C21H24O4S. The van der Waals surface area contributed by atoms with Crippen LogP contribution in [0.25, 0.3) is 0 Å². The number of hydrogen-bond donors (Lipinski definition) is 1. The highest BCUT2D eigenvalue weighted by molar-refractivity contribution is 7.98. The molecule has 1 N–H and O–H groups in total. The number of hydrogen-bond acceptors (Lipinski definition) is 5. The summed E-state index contributed by atoms with van der Waals surface area (Å²) in [5.41, 5.74) is 3.38. The van der Waals surface area contributed by atoms with Gasteiger partial charge in [-0.25, -0.2) is 0 Å². The van der Waals surface area contributed by atoms with Crippen molar-refractivity contribution >= 4 is 11.8 Å². The van der Waals surface area contributed by atoms with Crippen LogP contribution in [0.1, 0.15) is 42.6 Å². The van der Waals surface area contributed by atoms with E-state index in [9.17, 15) is 5.11 Å². The van der Waals surface area contributed by atoms with Crippen molar-refractivity contribution in [1.29, 1.82) is 0 Å². The fraction of sp³-hybridized carbons (Fsp3) is 0.429. The first-order valence-electron chi connectivity index (χ1n) is 9.01. The van der Waals surface area contributed by atoms with Gasteiger partial charge in [0.05, 0.1) is 18.3 Å². The van der Waals surface area contributed by atoms with Crippen LogP contribution in [0.4, 0.5) is 0 Å². The predicted molar refractivity (Wildman–Crippen MR) is 102 cm³/mol. The molecule has 1 fully saturated rings. The van der Waals surface area contributed by atoms with Crippen LogP contribution in [0.3, 0.4) is 0 Å². The molecule has 0 spiro atoms. The molecule has 0 saturated carbocycles. The minimum atomic E-state index is -0.322. The molecule has 4 rings (SSSR count). The molecule has 0 bridgehead atoms. The lowest BCUT2D eigenvalue weighted by Crippen LogP contribution is -2.29. The number of ether oxygens (including phenoxy) is 3. The van der Waals surface area contributed by atoms with Gasteiger partial charge in [0.25, 0.3) is 0 Å². The van der Waals surface area contributed by atoms with E-state index in [1.165, 1.54) is 10.5 Å². The average Bonchev–Trinajstić information content (AvgIpc) is 3.10. The van der Waals surface area contributed by atoms with Gasteiger partial charge >= 0.3 is 0 Å². The zero-order chi connectivity index (χ0) is 18.1. The Hall–Kier alpha value is -1.69. The first kappa shape index (κ1) is 17.7. The van der Waals surface area contributed by atoms with Crippen molar-refractivity contribution in [3.63, 3.8) is 0 Å². The molecule has 5 heteroatoms. The van der Waals surface area contributed by atoms with E-state index in [0.29, 0.717) is 12.8 Å². The Morgan fingerprint density at radius 3 is 2.65 bits per heavy atom. The third-order valence-corrected chi connectivity index (χ3v) is 5.73. The summed E-state index contributed by atoms with van der Waals surface area (Å²) >= 11 is 1.74. The van der Waals surface area contributed by atoms with Gasteiger partial charge in [0.2, 0.25) is 6.79 Å². The van der Waals surface area contributed by atoms with E-state index in [1.807, 2.05) is 13.0 Å². The van der Waals surface area contributed by atoms with E-state index in [-0.39, 0.29) is 25.1 Å². The molecule has 0 aromatic heterocycles. The Bertz CT molecular complexity index is 764. The van der Waals surface area contributed by atoms with Crippen molar-refractivity contribution in [2.75, 3.05) is 13.0 Å². The summed E-state index contributed by atoms with van der Waals surface area (Å²) in [5.74, 6) is 1.60. The Morgan fingerprint density at radius 1 is 1.12 bits per heavy atom. The van der Waals surface area contributed by atoms with Gasteiger partial charge in [-0.2, -0.15) is 0 Å². The monoisotopic (exact) mass is 372 g/mol. The number of benzene rings is 2. The summed E-state index contributed by atoms with van der Waals surface area (Å²) in [6.45, 7) is 2.26. The van der Waals surface area contributed by atoms with Crippen molar-refractivity contribution in [3.05, 3.63) is 53.1 Å². The molecule has 0 aliphatic carbocycles. The molecule has 3 unspecified atom stereocenters. The molecule has 2 aliphatic heterocycles. The molecule has 2 aromatic carbocycles. The van der Waals surface area contributed by atoms with Crippen LogP contribution in [0.5, 0.6) is 11.5 Å². The second-order valence-electron chi connectivity index (χ2n) is 7.00. The highest BCUT2D eigenvalue weighted by Gasteiger charge is 2.29. The van der Waals surface area contributed by atoms with E-state index in [0.717, 1.165) is 29.0 Å². The lowest BCUT2D eigenvalue weighted by atomic mass is 9.93. The summed E-state index contributed by atoms with van der Waals surface area (Å²) in [6, 6.07) is 12.7. The molecule has 0 amide bonds. The lowest BCUT2D eigenvalue weighted by Gasteiger charge is -2.32. The molecular weight excluding hydrogens is 348 g/mol. The van der Waals surface area contributed by atoms with Crippen molar-refractivity contribution in [2.45, 2.75) is 49.4 Å². The van der Waals surface area contributed by atoms with Crippen molar-refractivity contribution in [1.82, 2.24) is 0 Å². The number of aliphatic hydroxyl groups excluding tert-OH is 1. The smallest absolute Gasteiger partial charge is 0.231 e. The molecule has 0 radical (unpaired) electrons. The van der Waals surface area contributed by atoms with Gasteiger partial charge < -0.3 is 19.3 Å². The quantitative estimate of drug-likeness (QED) is 0.810. The first-order valence-corrected chi connectivity index (χ1v) is 10.2. The highest BCUT2D eigenvalue weighted by atomic mass is 32.2. The number of thioether (sulfide) groups is 1. The molecule has 2 aromatic rings. The van der Waals surface area contributed by atoms with Crippen molar-refractivity contribution < 1.29 is 19.3 Å². The summed E-state index contributed by atoms with van der Waals surface area (Å²) < 4.78 is 17.4. The van der Waals surface area contributed by atoms with Gasteiger partial charge in [0, 0.05) is 23.3 Å². The second-order valence-corrected chi connectivity index (χ2v) is 7.88. The Kier molecular flexibility index (Phi) is 5.11. The molecule has 26 heavy (non-hydrogen) atoms. The van der Waals surface area contributed by atoms with E-state index in [1.54, 1.807) is 11.8 Å². The van der Waals surface area contributed by atoms with Gasteiger partial charge in [-0.3, -0.25) is 0 Å². The average molecular weight is 372 g/mol. The zero-order valence-corrected chi connectivity index (χ0v) is 15.9. The summed E-state index contributed by atoms with van der Waals surface area (Å²) in [5, 5.41) is 10.1. The Balaban J connectivity index is 1.64. The van der Waals surface area contributed by atoms with Crippen LogP contribution in [-0.4, -0.2) is 30.4 Å². The summed E-state index contributed by atoms with van der Waals surface area (Å²) in [7, 11) is 0. The van der Waals surface area contributed by atoms with Crippen LogP contribution in [0.2, 0.25) is 0 Å². The van der Waals surface area contributed by atoms with Crippen LogP contribution in [-0.2, 0) is 11.2 Å². The third-order valence-electron chi connectivity index (χ3n) is 4.98. The van der Waals surface area contributed by atoms with Gasteiger partial charge in [0.1, 0.15) is 0 Å². The predicted octanol–water partition coefficient (Wildman–Crippen LogP) is 4.33. The number of fused-ring (bicyclic) bond motifs is 1. The molecule has 2 heterocycles. The molecule has 2 aliphatic rings. The van der Waals surface area contributed by atoms with Crippen LogP contribution < -0.4 is 9.47 Å². The first-order chi connectivity index (χ1) is 12.6. The fourth-order valence-corrected chi connectivity index (χ4v) is 4.13. The largest absolute Gasteiger partial charge is 0.454 e. The SMILES string of the molecule is CSc1ccc(Cc2cc(C3CC(O)CC(C)O3)cc3c2OCO3)cc1. The number of rotatable bonds is 4. The van der Waals surface area contributed by atoms with E-state index < -0.39 is 0 Å². The maximum atomic E-state index is 10.1. The fourth-order valence-electron chi connectivity index (χ4n) is 3.72. The van der Waals surface area contributed by atoms with Gasteiger partial charge in [0.15, 0.2) is 11.5 Å². The molecule has 4 nitrogen and oxygen atoms in total. The van der Waals surface area contributed by atoms with E-state index >= 15 is 0 Å². The van der Waals surface area contributed by atoms with Crippen LogP contribution >= 0.6 is 11.8 Å². The minimum absolute atomic E-state index is 0.0525. The van der Waals surface area contributed by atoms with E-state index in [4.69, 9.17) is 14.2 Å². The summed E-state index contributed by atoms with van der Waals surface area (Å²) in [4.78, 5) is 1.26. The van der Waals surface area contributed by atoms with Crippen molar-refractivity contribution in [2.24, 2.45) is 0 Å². The van der Waals surface area contributed by atoms with Crippen molar-refractivity contribution in [3.8, 4) is 11.5 Å².